The first-order chi connectivity index (χ1) is 11.0. The Bertz CT molecular complexity index is 893. The van der Waals surface area contributed by atoms with Gasteiger partial charge in [0.15, 0.2) is 5.65 Å². The molecule has 1 N–H and O–H groups in total. The van der Waals surface area contributed by atoms with Crippen LogP contribution in [0.4, 0.5) is 4.39 Å². The van der Waals surface area contributed by atoms with Crippen LogP contribution in [-0.4, -0.2) is 33.6 Å². The Kier molecular flexibility index (Phi) is 4.00. The van der Waals surface area contributed by atoms with Crippen LogP contribution < -0.4 is 5.56 Å². The van der Waals surface area contributed by atoms with Crippen LogP contribution in [0.15, 0.2) is 35.3 Å². The van der Waals surface area contributed by atoms with Gasteiger partial charge in [-0.3, -0.25) is 9.89 Å². The van der Waals surface area contributed by atoms with Gasteiger partial charge in [-0.1, -0.05) is 12.1 Å². The van der Waals surface area contributed by atoms with E-state index in [2.05, 4.69) is 10.1 Å². The molecule has 5 nitrogen and oxygen atoms in total. The second-order valence-corrected chi connectivity index (χ2v) is 5.98. The molecular weight excluding hydrogens is 295 g/mol. The molecular formula is C17H19FN4O. The largest absolute Gasteiger partial charge is 0.305 e. The summed E-state index contributed by atoms with van der Waals surface area (Å²) < 4.78 is 14.5. The molecule has 0 spiro atoms. The maximum absolute atomic E-state index is 13.0. The molecule has 120 valence electrons. The first-order valence-electron chi connectivity index (χ1n) is 7.43. The minimum absolute atomic E-state index is 0.109. The highest BCUT2D eigenvalue weighted by Gasteiger charge is 2.14. The molecule has 2 heterocycles. The monoisotopic (exact) mass is 314 g/mol. The predicted molar refractivity (Wildman–Crippen MR) is 87.1 cm³/mol. The number of hydrogen-bond acceptors (Lipinski definition) is 3. The molecule has 0 bridgehead atoms. The van der Waals surface area contributed by atoms with Crippen LogP contribution in [0.5, 0.6) is 0 Å². The molecule has 0 aliphatic carbocycles. The van der Waals surface area contributed by atoms with E-state index in [1.165, 1.54) is 16.6 Å². The molecule has 0 aliphatic rings. The second-order valence-electron chi connectivity index (χ2n) is 5.98. The normalized spacial score (nSPS) is 11.5. The van der Waals surface area contributed by atoms with Crippen LogP contribution >= 0.6 is 0 Å². The van der Waals surface area contributed by atoms with E-state index in [0.717, 1.165) is 11.1 Å². The number of fused-ring (bicyclic) bond motifs is 1. The van der Waals surface area contributed by atoms with E-state index < -0.39 is 0 Å². The van der Waals surface area contributed by atoms with E-state index in [4.69, 9.17) is 0 Å². The summed E-state index contributed by atoms with van der Waals surface area (Å²) in [6.45, 7) is 2.54. The molecule has 0 amide bonds. The van der Waals surface area contributed by atoms with Gasteiger partial charge in [0.2, 0.25) is 0 Å². The molecule has 2 aromatic heterocycles. The van der Waals surface area contributed by atoms with Gasteiger partial charge in [-0.25, -0.2) is 13.9 Å². The average molecular weight is 314 g/mol. The summed E-state index contributed by atoms with van der Waals surface area (Å²) in [5.41, 5.74) is 3.73. The fourth-order valence-corrected chi connectivity index (χ4v) is 2.67. The van der Waals surface area contributed by atoms with Crippen LogP contribution in [-0.2, 0) is 13.0 Å². The topological polar surface area (TPSA) is 53.4 Å². The third-order valence-electron chi connectivity index (χ3n) is 3.82. The van der Waals surface area contributed by atoms with Crippen LogP contribution in [0.3, 0.4) is 0 Å². The standard InChI is InChI=1S/C17H19FN4O/c1-11-15(8-12-4-6-14(18)7-5-12)17(23)22-16(20-11)13(9-19-22)10-21(2)3/h4-7,9,19H,8,10H2,1-3H3. The molecule has 0 unspecified atom stereocenters. The Balaban J connectivity index is 2.05. The number of nitrogens with zero attached hydrogens (tertiary/aromatic N) is 3. The lowest BCUT2D eigenvalue weighted by Crippen LogP contribution is -2.22. The molecule has 0 radical (unpaired) electrons. The van der Waals surface area contributed by atoms with Crippen molar-refractivity contribution < 1.29 is 4.39 Å². The van der Waals surface area contributed by atoms with Crippen molar-refractivity contribution in [2.24, 2.45) is 0 Å². The molecule has 3 rings (SSSR count). The number of benzene rings is 1. The number of aryl methyl sites for hydroxylation is 1. The molecule has 0 fully saturated rings. The average Bonchev–Trinajstić information content (AvgIpc) is 2.88. The van der Waals surface area contributed by atoms with Crippen molar-refractivity contribution in [2.45, 2.75) is 19.9 Å². The third-order valence-corrected chi connectivity index (χ3v) is 3.82. The lowest BCUT2D eigenvalue weighted by atomic mass is 10.1. The Labute approximate surface area is 133 Å². The molecule has 6 heteroatoms. The fraction of sp³-hybridized carbons (Fsp3) is 0.294. The minimum Gasteiger partial charge on any atom is -0.305 e. The molecule has 0 saturated carbocycles. The summed E-state index contributed by atoms with van der Waals surface area (Å²) in [5, 5.41) is 2.98. The van der Waals surface area contributed by atoms with Gasteiger partial charge in [0.1, 0.15) is 5.82 Å². The number of nitrogens with one attached hydrogen (secondary N) is 1. The van der Waals surface area contributed by atoms with Crippen LogP contribution in [0, 0.1) is 12.7 Å². The highest BCUT2D eigenvalue weighted by molar-refractivity contribution is 5.48. The van der Waals surface area contributed by atoms with Gasteiger partial charge in [0.25, 0.3) is 5.56 Å². The van der Waals surface area contributed by atoms with Gasteiger partial charge < -0.3 is 4.90 Å². The van der Waals surface area contributed by atoms with E-state index in [9.17, 15) is 9.18 Å². The second kappa shape index (κ2) is 5.96. The fourth-order valence-electron chi connectivity index (χ4n) is 2.67. The molecule has 3 aromatic rings. The number of aromatic nitrogens is 3. The van der Waals surface area contributed by atoms with Crippen LogP contribution in [0.1, 0.15) is 22.4 Å². The maximum Gasteiger partial charge on any atom is 0.276 e. The summed E-state index contributed by atoms with van der Waals surface area (Å²) in [6, 6.07) is 6.18. The SMILES string of the molecule is Cc1nc2c(CN(C)C)c[nH]n2c(=O)c1Cc1ccc(F)cc1. The van der Waals surface area contributed by atoms with Crippen molar-refractivity contribution in [1.29, 1.82) is 0 Å². The van der Waals surface area contributed by atoms with Crippen molar-refractivity contribution in [3.05, 3.63) is 69.0 Å². The van der Waals surface area contributed by atoms with Gasteiger partial charge in [-0.2, -0.15) is 0 Å². The van der Waals surface area contributed by atoms with Crippen molar-refractivity contribution in [3.8, 4) is 0 Å². The highest BCUT2D eigenvalue weighted by atomic mass is 19.1. The molecule has 0 atom stereocenters. The number of hydrogen-bond donors (Lipinski definition) is 1. The van der Waals surface area contributed by atoms with Crippen LogP contribution in [0.2, 0.25) is 0 Å². The third kappa shape index (κ3) is 3.03. The zero-order valence-electron chi connectivity index (χ0n) is 13.4. The van der Waals surface area contributed by atoms with Gasteiger partial charge in [0.05, 0.1) is 0 Å². The Morgan fingerprint density at radius 1 is 1.26 bits per heavy atom. The van der Waals surface area contributed by atoms with Gasteiger partial charge in [0, 0.05) is 36.0 Å². The first-order valence-corrected chi connectivity index (χ1v) is 7.43. The Morgan fingerprint density at radius 3 is 2.61 bits per heavy atom. The Hall–Kier alpha value is -2.47. The van der Waals surface area contributed by atoms with Gasteiger partial charge in [-0.15, -0.1) is 0 Å². The Morgan fingerprint density at radius 2 is 1.96 bits per heavy atom. The number of aromatic amines is 1. The molecule has 23 heavy (non-hydrogen) atoms. The maximum atomic E-state index is 13.0. The van der Waals surface area contributed by atoms with E-state index in [-0.39, 0.29) is 11.4 Å². The zero-order valence-corrected chi connectivity index (χ0v) is 13.4. The van der Waals surface area contributed by atoms with Crippen molar-refractivity contribution in [1.82, 2.24) is 19.5 Å². The minimum atomic E-state index is -0.284. The van der Waals surface area contributed by atoms with E-state index in [1.54, 1.807) is 12.1 Å². The van der Waals surface area contributed by atoms with Crippen LogP contribution in [0.25, 0.3) is 5.65 Å². The molecule has 0 aliphatic heterocycles. The van der Waals surface area contributed by atoms with E-state index in [1.807, 2.05) is 32.1 Å². The zero-order chi connectivity index (χ0) is 16.6. The van der Waals surface area contributed by atoms with E-state index in [0.29, 0.717) is 29.9 Å². The summed E-state index contributed by atoms with van der Waals surface area (Å²) >= 11 is 0. The van der Waals surface area contributed by atoms with Crippen molar-refractivity contribution in [2.75, 3.05) is 14.1 Å². The lowest BCUT2D eigenvalue weighted by Gasteiger charge is -2.09. The number of rotatable bonds is 4. The van der Waals surface area contributed by atoms with Gasteiger partial charge >= 0.3 is 0 Å². The van der Waals surface area contributed by atoms with Gasteiger partial charge in [-0.05, 0) is 38.7 Å². The lowest BCUT2D eigenvalue weighted by molar-refractivity contribution is 0.403. The summed E-state index contributed by atoms with van der Waals surface area (Å²) in [5.74, 6) is -0.284. The molecule has 0 saturated heterocycles. The quantitative estimate of drug-likeness (QED) is 0.802. The highest BCUT2D eigenvalue weighted by Crippen LogP contribution is 2.14. The predicted octanol–water partition coefficient (Wildman–Crippen LogP) is 2.12. The summed E-state index contributed by atoms with van der Waals surface area (Å²) in [4.78, 5) is 19.3. The number of H-pyrrole nitrogens is 1. The molecule has 1 aromatic carbocycles. The first kappa shape index (κ1) is 15.4. The summed E-state index contributed by atoms with van der Waals surface area (Å²) in [6.07, 6.45) is 2.24. The van der Waals surface area contributed by atoms with Crippen molar-refractivity contribution in [3.63, 3.8) is 0 Å². The smallest absolute Gasteiger partial charge is 0.276 e. The number of halogens is 1. The van der Waals surface area contributed by atoms with E-state index >= 15 is 0 Å². The summed E-state index contributed by atoms with van der Waals surface area (Å²) in [7, 11) is 3.94. The van der Waals surface area contributed by atoms with Crippen molar-refractivity contribution >= 4 is 5.65 Å².